The Kier molecular flexibility index (Phi) is 6.82. The van der Waals surface area contributed by atoms with Crippen molar-refractivity contribution >= 4 is 0 Å². The van der Waals surface area contributed by atoms with Gasteiger partial charge in [0, 0.05) is 25.5 Å². The summed E-state index contributed by atoms with van der Waals surface area (Å²) < 4.78 is 5.07. The van der Waals surface area contributed by atoms with E-state index in [0.717, 1.165) is 31.1 Å². The lowest BCUT2D eigenvalue weighted by molar-refractivity contribution is 0.0968. The molecule has 0 spiro atoms. The lowest BCUT2D eigenvalue weighted by Gasteiger charge is -2.08. The molecule has 1 aromatic rings. The lowest BCUT2D eigenvalue weighted by Crippen LogP contribution is -2.11. The van der Waals surface area contributed by atoms with Crippen molar-refractivity contribution in [2.45, 2.75) is 32.7 Å². The summed E-state index contributed by atoms with van der Waals surface area (Å²) >= 11 is 0. The standard InChI is InChI=1S/C9H14N2.C5H10O/c1-8-5-4-6-9(10-8)7-11(2)3;1-2-4-6-5-3-1/h4-6H,7H2,1-3H3;1-5H2. The Balaban J connectivity index is 0.000000202. The van der Waals surface area contributed by atoms with Crippen molar-refractivity contribution < 1.29 is 4.74 Å². The summed E-state index contributed by atoms with van der Waals surface area (Å²) in [5.41, 5.74) is 2.22. The van der Waals surface area contributed by atoms with E-state index < -0.39 is 0 Å². The summed E-state index contributed by atoms with van der Waals surface area (Å²) in [6, 6.07) is 6.10. The van der Waals surface area contributed by atoms with E-state index in [1.165, 1.54) is 19.3 Å². The van der Waals surface area contributed by atoms with Gasteiger partial charge >= 0.3 is 0 Å². The second kappa shape index (κ2) is 8.20. The minimum absolute atomic E-state index is 0.918. The van der Waals surface area contributed by atoms with Gasteiger partial charge in [-0.2, -0.15) is 0 Å². The zero-order valence-electron chi connectivity index (χ0n) is 11.3. The highest BCUT2D eigenvalue weighted by Crippen LogP contribution is 2.02. The molecule has 2 rings (SSSR count). The third kappa shape index (κ3) is 7.08. The largest absolute Gasteiger partial charge is 0.381 e. The van der Waals surface area contributed by atoms with Crippen LogP contribution in [0.3, 0.4) is 0 Å². The summed E-state index contributed by atoms with van der Waals surface area (Å²) in [6.45, 7) is 4.93. The average Bonchev–Trinajstić information content (AvgIpc) is 2.31. The first-order chi connectivity index (χ1) is 8.18. The molecule has 0 atom stereocenters. The second-order valence-corrected chi connectivity index (χ2v) is 4.68. The van der Waals surface area contributed by atoms with Gasteiger partial charge in [-0.3, -0.25) is 4.98 Å². The molecule has 1 aliphatic heterocycles. The van der Waals surface area contributed by atoms with Crippen LogP contribution in [-0.2, 0) is 11.3 Å². The van der Waals surface area contributed by atoms with Crippen LogP contribution in [0, 0.1) is 6.92 Å². The molecule has 3 nitrogen and oxygen atoms in total. The smallest absolute Gasteiger partial charge is 0.0546 e. The first-order valence-corrected chi connectivity index (χ1v) is 6.33. The minimum atomic E-state index is 0.918. The van der Waals surface area contributed by atoms with E-state index in [1.54, 1.807) is 0 Å². The van der Waals surface area contributed by atoms with Crippen LogP contribution in [0.15, 0.2) is 18.2 Å². The number of aryl methyl sites for hydroxylation is 1. The van der Waals surface area contributed by atoms with Crippen molar-refractivity contribution in [2.75, 3.05) is 27.3 Å². The van der Waals surface area contributed by atoms with Gasteiger partial charge in [0.25, 0.3) is 0 Å². The zero-order chi connectivity index (χ0) is 12.5. The third-order valence-corrected chi connectivity index (χ3v) is 2.50. The van der Waals surface area contributed by atoms with Gasteiger partial charge in [-0.1, -0.05) is 6.07 Å². The molecule has 0 aliphatic carbocycles. The Bertz CT molecular complexity index is 297. The van der Waals surface area contributed by atoms with E-state index in [2.05, 4.69) is 9.88 Å². The number of hydrogen-bond acceptors (Lipinski definition) is 3. The van der Waals surface area contributed by atoms with E-state index in [-0.39, 0.29) is 0 Å². The highest BCUT2D eigenvalue weighted by atomic mass is 16.5. The van der Waals surface area contributed by atoms with Crippen LogP contribution in [0.4, 0.5) is 0 Å². The topological polar surface area (TPSA) is 25.4 Å². The summed E-state index contributed by atoms with van der Waals surface area (Å²) in [5, 5.41) is 0. The first-order valence-electron chi connectivity index (χ1n) is 6.33. The molecule has 0 radical (unpaired) electrons. The van der Waals surface area contributed by atoms with Crippen molar-refractivity contribution in [3.63, 3.8) is 0 Å². The number of hydrogen-bond donors (Lipinski definition) is 0. The number of pyridine rings is 1. The van der Waals surface area contributed by atoms with Crippen molar-refractivity contribution in [2.24, 2.45) is 0 Å². The lowest BCUT2D eigenvalue weighted by atomic mass is 10.2. The SMILES string of the molecule is C1CCOCC1.Cc1cccc(CN(C)C)n1. The quantitative estimate of drug-likeness (QED) is 0.789. The van der Waals surface area contributed by atoms with Crippen LogP contribution >= 0.6 is 0 Å². The molecular weight excluding hydrogens is 212 g/mol. The predicted octanol–water partition coefficient (Wildman–Crippen LogP) is 2.64. The molecule has 96 valence electrons. The second-order valence-electron chi connectivity index (χ2n) is 4.68. The minimum Gasteiger partial charge on any atom is -0.381 e. The molecule has 0 unspecified atom stereocenters. The van der Waals surface area contributed by atoms with Crippen LogP contribution in [0.5, 0.6) is 0 Å². The van der Waals surface area contributed by atoms with Crippen LogP contribution in [0.25, 0.3) is 0 Å². The Morgan fingerprint density at radius 2 is 1.88 bits per heavy atom. The molecule has 1 aromatic heterocycles. The number of ether oxygens (including phenoxy) is 1. The highest BCUT2D eigenvalue weighted by Gasteiger charge is 1.95. The zero-order valence-corrected chi connectivity index (χ0v) is 11.3. The van der Waals surface area contributed by atoms with E-state index in [0.29, 0.717) is 0 Å². The molecule has 2 heterocycles. The van der Waals surface area contributed by atoms with E-state index in [4.69, 9.17) is 4.74 Å². The number of nitrogens with zero attached hydrogens (tertiary/aromatic N) is 2. The van der Waals surface area contributed by atoms with Gasteiger partial charge in [0.2, 0.25) is 0 Å². The summed E-state index contributed by atoms with van der Waals surface area (Å²) in [5.74, 6) is 0. The van der Waals surface area contributed by atoms with Crippen LogP contribution in [0.2, 0.25) is 0 Å². The summed E-state index contributed by atoms with van der Waals surface area (Å²) in [7, 11) is 4.09. The molecule has 0 amide bonds. The van der Waals surface area contributed by atoms with E-state index >= 15 is 0 Å². The van der Waals surface area contributed by atoms with Gasteiger partial charge in [0.1, 0.15) is 0 Å². The van der Waals surface area contributed by atoms with E-state index in [9.17, 15) is 0 Å². The maximum atomic E-state index is 5.07. The fourth-order valence-electron chi connectivity index (χ4n) is 1.70. The first kappa shape index (κ1) is 14.1. The van der Waals surface area contributed by atoms with Crippen molar-refractivity contribution in [3.8, 4) is 0 Å². The molecule has 0 saturated carbocycles. The molecule has 0 bridgehead atoms. The predicted molar refractivity (Wildman–Crippen MR) is 71.0 cm³/mol. The van der Waals surface area contributed by atoms with Gasteiger partial charge in [0.05, 0.1) is 5.69 Å². The van der Waals surface area contributed by atoms with Gasteiger partial charge in [-0.05, 0) is 52.4 Å². The molecule has 1 aliphatic rings. The molecule has 17 heavy (non-hydrogen) atoms. The van der Waals surface area contributed by atoms with Crippen molar-refractivity contribution in [3.05, 3.63) is 29.6 Å². The Labute approximate surface area is 105 Å². The van der Waals surface area contributed by atoms with Crippen molar-refractivity contribution in [1.82, 2.24) is 9.88 Å². The highest BCUT2D eigenvalue weighted by molar-refractivity contribution is 5.09. The van der Waals surface area contributed by atoms with Crippen LogP contribution in [0.1, 0.15) is 30.7 Å². The van der Waals surface area contributed by atoms with E-state index in [1.807, 2.05) is 39.2 Å². The average molecular weight is 236 g/mol. The molecule has 1 fully saturated rings. The third-order valence-electron chi connectivity index (χ3n) is 2.50. The molecular formula is C14H24N2O. The van der Waals surface area contributed by atoms with Crippen molar-refractivity contribution in [1.29, 1.82) is 0 Å². The summed E-state index contributed by atoms with van der Waals surface area (Å²) in [4.78, 5) is 6.48. The number of rotatable bonds is 2. The number of aromatic nitrogens is 1. The Morgan fingerprint density at radius 1 is 1.18 bits per heavy atom. The Hall–Kier alpha value is -0.930. The fraction of sp³-hybridized carbons (Fsp3) is 0.643. The molecule has 0 N–H and O–H groups in total. The fourth-order valence-corrected chi connectivity index (χ4v) is 1.70. The molecule has 3 heteroatoms. The maximum Gasteiger partial charge on any atom is 0.0546 e. The van der Waals surface area contributed by atoms with Crippen LogP contribution in [-0.4, -0.2) is 37.2 Å². The van der Waals surface area contributed by atoms with Gasteiger partial charge in [-0.15, -0.1) is 0 Å². The van der Waals surface area contributed by atoms with Gasteiger partial charge < -0.3 is 9.64 Å². The van der Waals surface area contributed by atoms with Crippen LogP contribution < -0.4 is 0 Å². The Morgan fingerprint density at radius 3 is 2.29 bits per heavy atom. The molecule has 0 aromatic carbocycles. The van der Waals surface area contributed by atoms with Gasteiger partial charge in [-0.25, -0.2) is 0 Å². The summed E-state index contributed by atoms with van der Waals surface area (Å²) in [6.07, 6.45) is 3.93. The maximum absolute atomic E-state index is 5.07. The molecule has 1 saturated heterocycles. The monoisotopic (exact) mass is 236 g/mol. The van der Waals surface area contributed by atoms with Gasteiger partial charge in [0.15, 0.2) is 0 Å². The normalized spacial score (nSPS) is 15.3.